The maximum absolute atomic E-state index is 13.2. The summed E-state index contributed by atoms with van der Waals surface area (Å²) in [7, 11) is 0. The van der Waals surface area contributed by atoms with Crippen LogP contribution in [0.3, 0.4) is 0 Å². The van der Waals surface area contributed by atoms with Crippen LogP contribution in [-0.4, -0.2) is 52.4 Å². The molecule has 0 spiro atoms. The monoisotopic (exact) mass is 361 g/mol. The van der Waals surface area contributed by atoms with Gasteiger partial charge in [-0.15, -0.1) is 0 Å². The Labute approximate surface area is 158 Å². The molecule has 5 heteroatoms. The fourth-order valence-corrected chi connectivity index (χ4v) is 3.74. The van der Waals surface area contributed by atoms with Crippen LogP contribution in [-0.2, 0) is 4.79 Å². The molecule has 1 saturated heterocycles. The van der Waals surface area contributed by atoms with Gasteiger partial charge >= 0.3 is 0 Å². The van der Waals surface area contributed by atoms with Crippen molar-refractivity contribution >= 4 is 22.7 Å². The van der Waals surface area contributed by atoms with Gasteiger partial charge in [0.1, 0.15) is 0 Å². The second kappa shape index (κ2) is 6.91. The molecule has 1 fully saturated rings. The molecule has 27 heavy (non-hydrogen) atoms. The zero-order valence-corrected chi connectivity index (χ0v) is 15.7. The number of piperazine rings is 1. The summed E-state index contributed by atoms with van der Waals surface area (Å²) >= 11 is 0. The summed E-state index contributed by atoms with van der Waals surface area (Å²) in [5.41, 5.74) is 3.96. The molecule has 2 amide bonds. The van der Waals surface area contributed by atoms with Crippen LogP contribution in [0, 0.1) is 6.92 Å². The number of benzene rings is 2. The standard InChI is InChI=1S/C22H23N3O2/c1-16-6-5-7-18(14-16)25-15-20(19-8-3-4-9-21(19)25)22(27)24-12-10-23(11-13-24)17(2)26/h3-9,14-15H,10-13H2,1-2H3. The van der Waals surface area contributed by atoms with E-state index in [1.807, 2.05) is 41.4 Å². The molecule has 1 aliphatic heterocycles. The Morgan fingerprint density at radius 2 is 1.59 bits per heavy atom. The predicted molar refractivity (Wildman–Crippen MR) is 106 cm³/mol. The molecule has 2 heterocycles. The molecule has 138 valence electrons. The molecule has 0 aliphatic carbocycles. The molecule has 0 bridgehead atoms. The third-order valence-electron chi connectivity index (χ3n) is 5.23. The van der Waals surface area contributed by atoms with Crippen LogP contribution >= 0.6 is 0 Å². The number of hydrogen-bond acceptors (Lipinski definition) is 2. The van der Waals surface area contributed by atoms with E-state index >= 15 is 0 Å². The number of carbonyl (C=O) groups excluding carboxylic acids is 2. The van der Waals surface area contributed by atoms with E-state index in [0.29, 0.717) is 31.7 Å². The highest BCUT2D eigenvalue weighted by molar-refractivity contribution is 6.07. The first-order valence-corrected chi connectivity index (χ1v) is 9.26. The molecule has 3 aromatic rings. The number of fused-ring (bicyclic) bond motifs is 1. The topological polar surface area (TPSA) is 45.6 Å². The highest BCUT2D eigenvalue weighted by atomic mass is 16.2. The Kier molecular flexibility index (Phi) is 4.44. The van der Waals surface area contributed by atoms with Gasteiger partial charge in [0, 0.05) is 50.4 Å². The van der Waals surface area contributed by atoms with Gasteiger partial charge in [0.2, 0.25) is 5.91 Å². The van der Waals surface area contributed by atoms with Gasteiger partial charge in [0.15, 0.2) is 0 Å². The lowest BCUT2D eigenvalue weighted by molar-refractivity contribution is -0.130. The first-order chi connectivity index (χ1) is 13.0. The van der Waals surface area contributed by atoms with Crippen molar-refractivity contribution < 1.29 is 9.59 Å². The second-order valence-electron chi connectivity index (χ2n) is 7.07. The number of aromatic nitrogens is 1. The van der Waals surface area contributed by atoms with E-state index in [1.54, 1.807) is 11.8 Å². The zero-order valence-electron chi connectivity index (χ0n) is 15.7. The van der Waals surface area contributed by atoms with Gasteiger partial charge in [-0.05, 0) is 30.7 Å². The van der Waals surface area contributed by atoms with Crippen molar-refractivity contribution in [3.8, 4) is 5.69 Å². The maximum Gasteiger partial charge on any atom is 0.256 e. The molecular formula is C22H23N3O2. The summed E-state index contributed by atoms with van der Waals surface area (Å²) in [5.74, 6) is 0.0963. The van der Waals surface area contributed by atoms with Crippen molar-refractivity contribution in [2.45, 2.75) is 13.8 Å². The molecular weight excluding hydrogens is 338 g/mol. The van der Waals surface area contributed by atoms with Crippen LogP contribution in [0.15, 0.2) is 54.7 Å². The van der Waals surface area contributed by atoms with Crippen molar-refractivity contribution in [1.82, 2.24) is 14.4 Å². The van der Waals surface area contributed by atoms with E-state index in [-0.39, 0.29) is 11.8 Å². The molecule has 0 unspecified atom stereocenters. The molecule has 4 rings (SSSR count). The van der Waals surface area contributed by atoms with Crippen LogP contribution in [0.25, 0.3) is 16.6 Å². The Bertz CT molecular complexity index is 1010. The number of para-hydroxylation sites is 1. The third kappa shape index (κ3) is 3.21. The quantitative estimate of drug-likeness (QED) is 0.703. The fourth-order valence-electron chi connectivity index (χ4n) is 3.74. The van der Waals surface area contributed by atoms with Gasteiger partial charge < -0.3 is 14.4 Å². The smallest absolute Gasteiger partial charge is 0.256 e. The number of aryl methyl sites for hydroxylation is 1. The van der Waals surface area contributed by atoms with Crippen molar-refractivity contribution in [3.63, 3.8) is 0 Å². The molecule has 5 nitrogen and oxygen atoms in total. The lowest BCUT2D eigenvalue weighted by Gasteiger charge is -2.34. The minimum absolute atomic E-state index is 0.0285. The average Bonchev–Trinajstić information content (AvgIpc) is 3.07. The summed E-state index contributed by atoms with van der Waals surface area (Å²) in [6.07, 6.45) is 1.94. The van der Waals surface area contributed by atoms with E-state index in [0.717, 1.165) is 16.6 Å². The zero-order chi connectivity index (χ0) is 19.0. The Morgan fingerprint density at radius 1 is 0.889 bits per heavy atom. The number of carbonyl (C=O) groups is 2. The molecule has 0 N–H and O–H groups in total. The molecule has 1 aromatic heterocycles. The van der Waals surface area contributed by atoms with Gasteiger partial charge in [-0.3, -0.25) is 9.59 Å². The normalized spacial score (nSPS) is 14.6. The lowest BCUT2D eigenvalue weighted by atomic mass is 10.1. The van der Waals surface area contributed by atoms with Gasteiger partial charge in [-0.25, -0.2) is 0 Å². The highest BCUT2D eigenvalue weighted by Gasteiger charge is 2.25. The van der Waals surface area contributed by atoms with Crippen LogP contribution in [0.4, 0.5) is 0 Å². The summed E-state index contributed by atoms with van der Waals surface area (Å²) < 4.78 is 2.08. The third-order valence-corrected chi connectivity index (χ3v) is 5.23. The number of rotatable bonds is 2. The number of nitrogens with zero attached hydrogens (tertiary/aromatic N) is 3. The predicted octanol–water partition coefficient (Wildman–Crippen LogP) is 3.24. The van der Waals surface area contributed by atoms with E-state index in [2.05, 4.69) is 29.7 Å². The first kappa shape index (κ1) is 17.3. The van der Waals surface area contributed by atoms with E-state index < -0.39 is 0 Å². The maximum atomic E-state index is 13.2. The lowest BCUT2D eigenvalue weighted by Crippen LogP contribution is -2.50. The number of amides is 2. The largest absolute Gasteiger partial charge is 0.339 e. The van der Waals surface area contributed by atoms with Crippen LogP contribution in [0.2, 0.25) is 0 Å². The summed E-state index contributed by atoms with van der Waals surface area (Å²) in [6.45, 7) is 5.97. The summed E-state index contributed by atoms with van der Waals surface area (Å²) in [4.78, 5) is 28.4. The van der Waals surface area contributed by atoms with Gasteiger partial charge in [-0.2, -0.15) is 0 Å². The Balaban J connectivity index is 1.70. The van der Waals surface area contributed by atoms with Gasteiger partial charge in [-0.1, -0.05) is 30.3 Å². The highest BCUT2D eigenvalue weighted by Crippen LogP contribution is 2.26. The van der Waals surface area contributed by atoms with Crippen molar-refractivity contribution in [2.75, 3.05) is 26.2 Å². The van der Waals surface area contributed by atoms with E-state index in [4.69, 9.17) is 0 Å². The Morgan fingerprint density at radius 3 is 2.30 bits per heavy atom. The van der Waals surface area contributed by atoms with Gasteiger partial charge in [0.05, 0.1) is 11.1 Å². The van der Waals surface area contributed by atoms with Gasteiger partial charge in [0.25, 0.3) is 5.91 Å². The second-order valence-corrected chi connectivity index (χ2v) is 7.07. The summed E-state index contributed by atoms with van der Waals surface area (Å²) in [5, 5.41) is 0.956. The van der Waals surface area contributed by atoms with Crippen molar-refractivity contribution in [1.29, 1.82) is 0 Å². The van der Waals surface area contributed by atoms with Crippen LogP contribution in [0.1, 0.15) is 22.8 Å². The van der Waals surface area contributed by atoms with Crippen molar-refractivity contribution in [2.24, 2.45) is 0 Å². The fraction of sp³-hybridized carbons (Fsp3) is 0.273. The molecule has 0 atom stereocenters. The van der Waals surface area contributed by atoms with E-state index in [9.17, 15) is 9.59 Å². The molecule has 0 radical (unpaired) electrons. The minimum Gasteiger partial charge on any atom is -0.339 e. The molecule has 0 saturated carbocycles. The van der Waals surface area contributed by atoms with E-state index in [1.165, 1.54) is 5.56 Å². The van der Waals surface area contributed by atoms with Crippen LogP contribution in [0.5, 0.6) is 0 Å². The molecule has 2 aromatic carbocycles. The molecule has 1 aliphatic rings. The summed E-state index contributed by atoms with van der Waals surface area (Å²) in [6, 6.07) is 16.3. The SMILES string of the molecule is CC(=O)N1CCN(C(=O)c2cn(-c3cccc(C)c3)c3ccccc23)CC1. The van der Waals surface area contributed by atoms with Crippen LogP contribution < -0.4 is 0 Å². The Hall–Kier alpha value is -3.08. The van der Waals surface area contributed by atoms with Crippen molar-refractivity contribution in [3.05, 3.63) is 65.9 Å². The minimum atomic E-state index is 0.0285. The number of hydrogen-bond donors (Lipinski definition) is 0. The average molecular weight is 361 g/mol. The first-order valence-electron chi connectivity index (χ1n) is 9.26.